The van der Waals surface area contributed by atoms with Crippen LogP contribution in [0.25, 0.3) is 5.69 Å². The molecule has 0 unspecified atom stereocenters. The highest BCUT2D eigenvalue weighted by molar-refractivity contribution is 7.80. The van der Waals surface area contributed by atoms with E-state index in [4.69, 9.17) is 17.0 Å². The van der Waals surface area contributed by atoms with E-state index in [2.05, 4.69) is 27.9 Å². The lowest BCUT2D eigenvalue weighted by molar-refractivity contribution is 0.0602. The Morgan fingerprint density at radius 3 is 2.56 bits per heavy atom. The van der Waals surface area contributed by atoms with Gasteiger partial charge in [0.15, 0.2) is 5.11 Å². The van der Waals surface area contributed by atoms with Gasteiger partial charge in [0.05, 0.1) is 18.4 Å². The van der Waals surface area contributed by atoms with Crippen LogP contribution in [0.5, 0.6) is 0 Å². The highest BCUT2D eigenvalue weighted by atomic mass is 32.1. The summed E-state index contributed by atoms with van der Waals surface area (Å²) < 4.78 is 6.76. The van der Waals surface area contributed by atoms with Gasteiger partial charge in [-0.05, 0) is 47.6 Å². The van der Waals surface area contributed by atoms with E-state index < -0.39 is 0 Å². The van der Waals surface area contributed by atoms with Gasteiger partial charge in [0.25, 0.3) is 0 Å². The summed E-state index contributed by atoms with van der Waals surface area (Å²) in [5.41, 5.74) is 3.73. The molecular weight excluding hydrogens is 440 g/mol. The lowest BCUT2D eigenvalue weighted by Gasteiger charge is -2.11. The van der Waals surface area contributed by atoms with Crippen molar-refractivity contribution in [2.75, 3.05) is 12.4 Å². The van der Waals surface area contributed by atoms with Crippen LogP contribution >= 0.6 is 23.6 Å². The van der Waals surface area contributed by atoms with Crippen molar-refractivity contribution < 1.29 is 9.53 Å². The molecule has 0 fully saturated rings. The van der Waals surface area contributed by atoms with Crippen molar-refractivity contribution in [3.05, 3.63) is 101 Å². The molecule has 0 bridgehead atoms. The Morgan fingerprint density at radius 1 is 1.09 bits per heavy atom. The molecule has 0 atom stereocenters. The van der Waals surface area contributed by atoms with Crippen LogP contribution in [0.15, 0.2) is 79.1 Å². The normalized spacial score (nSPS) is 10.5. The highest BCUT2D eigenvalue weighted by Gasteiger charge is 2.18. The van der Waals surface area contributed by atoms with Crippen molar-refractivity contribution in [2.24, 2.45) is 0 Å². The average molecular weight is 463 g/mol. The largest absolute Gasteiger partial charge is 0.465 e. The lowest BCUT2D eigenvalue weighted by atomic mass is 10.1. The van der Waals surface area contributed by atoms with Crippen LogP contribution in [-0.4, -0.2) is 28.0 Å². The predicted octanol–water partition coefficient (Wildman–Crippen LogP) is 4.80. The fourth-order valence-corrected chi connectivity index (χ4v) is 4.52. The summed E-state index contributed by atoms with van der Waals surface area (Å²) in [4.78, 5) is 13.3. The number of thiocarbonyl (C=S) groups is 1. The van der Waals surface area contributed by atoms with Gasteiger partial charge in [-0.1, -0.05) is 42.5 Å². The van der Waals surface area contributed by atoms with Crippen LogP contribution in [-0.2, 0) is 17.7 Å². The smallest absolute Gasteiger partial charge is 0.340 e. The fourth-order valence-electron chi connectivity index (χ4n) is 3.20. The molecule has 2 heterocycles. The molecule has 0 saturated carbocycles. The fraction of sp³-hybridized carbons (Fsp3) is 0.125. The zero-order valence-electron chi connectivity index (χ0n) is 17.4. The molecule has 2 aromatic heterocycles. The van der Waals surface area contributed by atoms with E-state index in [0.717, 1.165) is 22.5 Å². The Bertz CT molecular complexity index is 1190. The molecule has 2 aromatic carbocycles. The van der Waals surface area contributed by atoms with Crippen LogP contribution in [0.3, 0.4) is 0 Å². The van der Waals surface area contributed by atoms with Crippen molar-refractivity contribution in [1.82, 2.24) is 15.1 Å². The molecule has 162 valence electrons. The average Bonchev–Trinajstić information content (AvgIpc) is 3.49. The number of rotatable bonds is 7. The molecule has 6 nitrogen and oxygen atoms in total. The molecule has 0 amide bonds. The van der Waals surface area contributed by atoms with Gasteiger partial charge < -0.3 is 15.4 Å². The Labute approximate surface area is 195 Å². The summed E-state index contributed by atoms with van der Waals surface area (Å²) in [6.45, 7) is 0.557. The van der Waals surface area contributed by atoms with Gasteiger partial charge in [-0.3, -0.25) is 0 Å². The summed E-state index contributed by atoms with van der Waals surface area (Å²) >= 11 is 6.96. The van der Waals surface area contributed by atoms with Gasteiger partial charge in [0.1, 0.15) is 5.00 Å². The number of thiophene rings is 1. The number of nitrogens with one attached hydrogen (secondary N) is 2. The molecule has 0 radical (unpaired) electrons. The van der Waals surface area contributed by atoms with E-state index in [1.807, 2.05) is 65.5 Å². The second kappa shape index (κ2) is 10.2. The van der Waals surface area contributed by atoms with Crippen molar-refractivity contribution in [2.45, 2.75) is 13.0 Å². The van der Waals surface area contributed by atoms with Crippen LogP contribution < -0.4 is 10.6 Å². The first-order chi connectivity index (χ1) is 15.6. The minimum Gasteiger partial charge on any atom is -0.465 e. The van der Waals surface area contributed by atoms with Gasteiger partial charge in [-0.25, -0.2) is 9.48 Å². The van der Waals surface area contributed by atoms with Gasteiger partial charge in [0.2, 0.25) is 0 Å². The third-order valence-electron chi connectivity index (χ3n) is 4.80. The second-order valence-corrected chi connectivity index (χ2v) is 8.58. The summed E-state index contributed by atoms with van der Waals surface area (Å²) in [6, 6.07) is 21.9. The van der Waals surface area contributed by atoms with Gasteiger partial charge in [0, 0.05) is 30.2 Å². The number of carbonyl (C=O) groups excluding carboxylic acids is 1. The molecule has 0 aliphatic heterocycles. The molecule has 4 aromatic rings. The number of aromatic nitrogens is 2. The van der Waals surface area contributed by atoms with E-state index in [-0.39, 0.29) is 5.97 Å². The van der Waals surface area contributed by atoms with E-state index in [9.17, 15) is 4.79 Å². The number of hydrogen-bond donors (Lipinski definition) is 2. The van der Waals surface area contributed by atoms with Crippen molar-refractivity contribution >= 4 is 39.6 Å². The number of esters is 1. The molecular formula is C24H22N4O2S2. The van der Waals surface area contributed by atoms with Crippen molar-refractivity contribution in [3.8, 4) is 5.69 Å². The van der Waals surface area contributed by atoms with E-state index in [0.29, 0.717) is 22.2 Å². The van der Waals surface area contributed by atoms with Crippen LogP contribution in [0.4, 0.5) is 5.00 Å². The molecule has 0 saturated heterocycles. The van der Waals surface area contributed by atoms with Crippen molar-refractivity contribution in [1.29, 1.82) is 0 Å². The minimum atomic E-state index is -0.389. The standard InChI is InChI=1S/C24H22N4O2S2/c1-30-23(29)21-15-20(14-17-6-3-2-4-7-17)32-22(21)27-24(31)25-16-18-8-10-19(11-9-18)28-13-5-12-26-28/h2-13,15H,14,16H2,1H3,(H2,25,27,31). The summed E-state index contributed by atoms with van der Waals surface area (Å²) in [5.74, 6) is -0.389. The highest BCUT2D eigenvalue weighted by Crippen LogP contribution is 2.30. The number of anilines is 1. The Hall–Kier alpha value is -3.49. The third kappa shape index (κ3) is 5.40. The van der Waals surface area contributed by atoms with Gasteiger partial charge in [-0.2, -0.15) is 5.10 Å². The number of ether oxygens (including phenoxy) is 1. The number of benzene rings is 2. The molecule has 8 heteroatoms. The van der Waals surface area contributed by atoms with Gasteiger partial charge in [-0.15, -0.1) is 11.3 Å². The summed E-state index contributed by atoms with van der Waals surface area (Å²) in [7, 11) is 1.38. The maximum absolute atomic E-state index is 12.3. The number of carbonyl (C=O) groups is 1. The third-order valence-corrected chi connectivity index (χ3v) is 6.09. The molecule has 0 aliphatic carbocycles. The summed E-state index contributed by atoms with van der Waals surface area (Å²) in [5, 5.41) is 11.7. The second-order valence-electron chi connectivity index (χ2n) is 7.03. The number of hydrogen-bond acceptors (Lipinski definition) is 5. The molecule has 4 rings (SSSR count). The quantitative estimate of drug-likeness (QED) is 0.304. The predicted molar refractivity (Wildman–Crippen MR) is 132 cm³/mol. The molecule has 32 heavy (non-hydrogen) atoms. The van der Waals surface area contributed by atoms with E-state index in [1.165, 1.54) is 24.0 Å². The Kier molecular flexibility index (Phi) is 6.94. The monoisotopic (exact) mass is 462 g/mol. The maximum atomic E-state index is 12.3. The topological polar surface area (TPSA) is 68.2 Å². The Balaban J connectivity index is 1.40. The van der Waals surface area contributed by atoms with Crippen LogP contribution in [0, 0.1) is 0 Å². The maximum Gasteiger partial charge on any atom is 0.340 e. The lowest BCUT2D eigenvalue weighted by Crippen LogP contribution is -2.28. The Morgan fingerprint density at radius 2 is 1.88 bits per heavy atom. The summed E-state index contributed by atoms with van der Waals surface area (Å²) in [6.07, 6.45) is 4.39. The number of methoxy groups -OCH3 is 1. The van der Waals surface area contributed by atoms with Crippen LogP contribution in [0.1, 0.15) is 26.4 Å². The first-order valence-corrected chi connectivity index (χ1v) is 11.2. The minimum absolute atomic E-state index is 0.389. The SMILES string of the molecule is COC(=O)c1cc(Cc2ccccc2)sc1NC(=S)NCc1ccc(-n2cccn2)cc1. The molecule has 2 N–H and O–H groups in total. The van der Waals surface area contributed by atoms with Gasteiger partial charge >= 0.3 is 5.97 Å². The molecule has 0 spiro atoms. The molecule has 0 aliphatic rings. The zero-order chi connectivity index (χ0) is 22.3. The van der Waals surface area contributed by atoms with E-state index in [1.54, 1.807) is 6.20 Å². The van der Waals surface area contributed by atoms with E-state index >= 15 is 0 Å². The van der Waals surface area contributed by atoms with Crippen molar-refractivity contribution in [3.63, 3.8) is 0 Å². The first-order valence-electron chi connectivity index (χ1n) is 10.0. The van der Waals surface area contributed by atoms with Crippen LogP contribution in [0.2, 0.25) is 0 Å². The number of nitrogens with zero attached hydrogens (tertiary/aromatic N) is 2. The zero-order valence-corrected chi connectivity index (χ0v) is 19.1. The first kappa shape index (κ1) is 21.7.